The highest BCUT2D eigenvalue weighted by atomic mass is 35.5. The van der Waals surface area contributed by atoms with Gasteiger partial charge >= 0.3 is 0 Å². The molecule has 3 nitrogen and oxygen atoms in total. The molecule has 118 valence electrons. The van der Waals surface area contributed by atoms with Crippen molar-refractivity contribution >= 4 is 17.4 Å². The van der Waals surface area contributed by atoms with Crippen molar-refractivity contribution in [1.29, 1.82) is 0 Å². The first kappa shape index (κ1) is 16.5. The molecule has 0 N–H and O–H groups in total. The molecule has 1 fully saturated rings. The van der Waals surface area contributed by atoms with Gasteiger partial charge in [0.25, 0.3) is 0 Å². The molecule has 1 aromatic rings. The van der Waals surface area contributed by atoms with Crippen molar-refractivity contribution in [3.05, 3.63) is 16.4 Å². The van der Waals surface area contributed by atoms with Crippen molar-refractivity contribution in [2.24, 2.45) is 5.92 Å². The van der Waals surface area contributed by atoms with E-state index in [-0.39, 0.29) is 0 Å². The van der Waals surface area contributed by atoms with Crippen molar-refractivity contribution in [2.45, 2.75) is 78.2 Å². The minimum atomic E-state index is 0.305. The predicted octanol–water partition coefficient (Wildman–Crippen LogP) is 4.59. The van der Waals surface area contributed by atoms with Gasteiger partial charge in [0.2, 0.25) is 0 Å². The highest BCUT2D eigenvalue weighted by Crippen LogP contribution is 2.28. The zero-order valence-electron chi connectivity index (χ0n) is 13.3. The number of halogens is 1. The molecule has 0 spiro atoms. The second-order valence-electron chi connectivity index (χ2n) is 6.13. The van der Waals surface area contributed by atoms with Crippen LogP contribution < -0.4 is 0 Å². The minimum absolute atomic E-state index is 0.305. The zero-order valence-corrected chi connectivity index (χ0v) is 14.1. The topological polar surface area (TPSA) is 34.9 Å². The lowest BCUT2D eigenvalue weighted by molar-refractivity contribution is -0.118. The average molecular weight is 311 g/mol. The summed E-state index contributed by atoms with van der Waals surface area (Å²) in [5.41, 5.74) is 1.82. The van der Waals surface area contributed by atoms with E-state index in [1.165, 1.54) is 32.1 Å². The van der Waals surface area contributed by atoms with Crippen LogP contribution >= 0.6 is 11.6 Å². The highest BCUT2D eigenvalue weighted by Gasteiger charge is 2.19. The van der Waals surface area contributed by atoms with Crippen LogP contribution in [-0.4, -0.2) is 15.6 Å². The van der Waals surface area contributed by atoms with Gasteiger partial charge in [0.1, 0.15) is 5.78 Å². The molecular formula is C17H27ClN2O. The monoisotopic (exact) mass is 310 g/mol. The number of hydrogen-bond donors (Lipinski definition) is 0. The van der Waals surface area contributed by atoms with E-state index in [0.29, 0.717) is 23.6 Å². The van der Waals surface area contributed by atoms with Crippen LogP contribution in [0.1, 0.15) is 70.2 Å². The van der Waals surface area contributed by atoms with Crippen molar-refractivity contribution in [1.82, 2.24) is 9.78 Å². The number of carbonyl (C=O) groups excluding carboxylic acids is 1. The number of carbonyl (C=O) groups is 1. The molecule has 21 heavy (non-hydrogen) atoms. The number of nitrogens with zero attached hydrogens (tertiary/aromatic N) is 2. The van der Waals surface area contributed by atoms with Gasteiger partial charge in [0.05, 0.1) is 16.4 Å². The summed E-state index contributed by atoms with van der Waals surface area (Å²) in [4.78, 5) is 12.3. The first-order chi connectivity index (χ1) is 10.2. The van der Waals surface area contributed by atoms with Crippen LogP contribution in [0.2, 0.25) is 5.02 Å². The summed E-state index contributed by atoms with van der Waals surface area (Å²) in [7, 11) is 0. The lowest BCUT2D eigenvalue weighted by Crippen LogP contribution is -2.12. The summed E-state index contributed by atoms with van der Waals surface area (Å²) >= 11 is 6.37. The normalized spacial score (nSPS) is 16.3. The number of ketones is 1. The van der Waals surface area contributed by atoms with Gasteiger partial charge < -0.3 is 0 Å². The van der Waals surface area contributed by atoms with Crippen molar-refractivity contribution < 1.29 is 4.79 Å². The van der Waals surface area contributed by atoms with Crippen LogP contribution in [0, 0.1) is 5.92 Å². The van der Waals surface area contributed by atoms with Crippen LogP contribution in [0.3, 0.4) is 0 Å². The molecule has 0 aliphatic heterocycles. The fourth-order valence-corrected chi connectivity index (χ4v) is 3.64. The highest BCUT2D eigenvalue weighted by molar-refractivity contribution is 6.32. The van der Waals surface area contributed by atoms with Gasteiger partial charge in [-0.25, -0.2) is 0 Å². The Balaban J connectivity index is 1.91. The molecule has 0 radical (unpaired) electrons. The fraction of sp³-hybridized carbons (Fsp3) is 0.765. The van der Waals surface area contributed by atoms with E-state index in [9.17, 15) is 4.79 Å². The molecule has 0 saturated heterocycles. The smallest absolute Gasteiger partial charge is 0.138 e. The first-order valence-electron chi connectivity index (χ1n) is 8.41. The summed E-state index contributed by atoms with van der Waals surface area (Å²) < 4.78 is 1.89. The Morgan fingerprint density at radius 1 is 1.29 bits per heavy atom. The molecular weight excluding hydrogens is 284 g/mol. The van der Waals surface area contributed by atoms with Crippen molar-refractivity contribution in [3.8, 4) is 0 Å². The van der Waals surface area contributed by atoms with E-state index in [1.54, 1.807) is 0 Å². The van der Waals surface area contributed by atoms with Gasteiger partial charge in [-0.15, -0.1) is 0 Å². The van der Waals surface area contributed by atoms with Gasteiger partial charge in [0, 0.05) is 19.4 Å². The summed E-state index contributed by atoms with van der Waals surface area (Å²) in [6.07, 6.45) is 9.66. The number of rotatable bonds is 7. The third kappa shape index (κ3) is 4.32. The second-order valence-corrected chi connectivity index (χ2v) is 6.51. The van der Waals surface area contributed by atoms with Crippen molar-refractivity contribution in [3.63, 3.8) is 0 Å². The predicted molar refractivity (Wildman–Crippen MR) is 86.8 cm³/mol. The van der Waals surface area contributed by atoms with Gasteiger partial charge in [0.15, 0.2) is 0 Å². The van der Waals surface area contributed by atoms with Crippen LogP contribution in [0.25, 0.3) is 0 Å². The van der Waals surface area contributed by atoms with Crippen LogP contribution in [0.5, 0.6) is 0 Å². The SMILES string of the molecule is CCc1nn(CC)c(CC(=O)CCC2CCCCC2)c1Cl. The number of aromatic nitrogens is 2. The van der Waals surface area contributed by atoms with E-state index < -0.39 is 0 Å². The molecule has 0 aromatic carbocycles. The fourth-order valence-electron chi connectivity index (χ4n) is 3.30. The molecule has 0 unspecified atom stereocenters. The molecule has 2 rings (SSSR count). The Kier molecular flexibility index (Phi) is 6.28. The first-order valence-corrected chi connectivity index (χ1v) is 8.79. The van der Waals surface area contributed by atoms with Crippen LogP contribution in [-0.2, 0) is 24.2 Å². The summed E-state index contributed by atoms with van der Waals surface area (Å²) in [5, 5.41) is 5.18. The summed E-state index contributed by atoms with van der Waals surface area (Å²) in [6, 6.07) is 0. The van der Waals surface area contributed by atoms with E-state index in [4.69, 9.17) is 11.6 Å². The molecule has 1 heterocycles. The number of hydrogen-bond acceptors (Lipinski definition) is 2. The van der Waals surface area contributed by atoms with Gasteiger partial charge in [-0.2, -0.15) is 5.10 Å². The third-order valence-corrected chi connectivity index (χ3v) is 5.05. The summed E-state index contributed by atoms with van der Waals surface area (Å²) in [6.45, 7) is 4.85. The van der Waals surface area contributed by atoms with Gasteiger partial charge in [-0.3, -0.25) is 9.48 Å². The maximum Gasteiger partial charge on any atom is 0.138 e. The Morgan fingerprint density at radius 3 is 2.62 bits per heavy atom. The van der Waals surface area contributed by atoms with Gasteiger partial charge in [-0.1, -0.05) is 50.6 Å². The molecule has 1 aliphatic carbocycles. The molecule has 1 saturated carbocycles. The molecule has 1 aliphatic rings. The Hall–Kier alpha value is -0.830. The quantitative estimate of drug-likeness (QED) is 0.738. The molecule has 0 bridgehead atoms. The lowest BCUT2D eigenvalue weighted by Gasteiger charge is -2.20. The molecule has 1 aromatic heterocycles. The molecule has 0 atom stereocenters. The number of aryl methyl sites for hydroxylation is 2. The van der Waals surface area contributed by atoms with Gasteiger partial charge in [-0.05, 0) is 25.7 Å². The van der Waals surface area contributed by atoms with E-state index in [0.717, 1.165) is 36.7 Å². The molecule has 0 amide bonds. The Bertz CT molecular complexity index is 475. The van der Waals surface area contributed by atoms with Crippen LogP contribution in [0.4, 0.5) is 0 Å². The lowest BCUT2D eigenvalue weighted by atomic mass is 9.85. The average Bonchev–Trinajstić information content (AvgIpc) is 2.82. The summed E-state index contributed by atoms with van der Waals surface area (Å²) in [5.74, 6) is 1.07. The Labute approximate surface area is 133 Å². The van der Waals surface area contributed by atoms with E-state index >= 15 is 0 Å². The minimum Gasteiger partial charge on any atom is -0.299 e. The standard InChI is InChI=1S/C17H27ClN2O/c1-3-15-17(18)16(20(4-2)19-15)12-14(21)11-10-13-8-6-5-7-9-13/h13H,3-12H2,1-2H3. The largest absolute Gasteiger partial charge is 0.299 e. The maximum absolute atomic E-state index is 12.3. The molecule has 4 heteroatoms. The Morgan fingerprint density at radius 2 is 2.00 bits per heavy atom. The van der Waals surface area contributed by atoms with Crippen LogP contribution in [0.15, 0.2) is 0 Å². The van der Waals surface area contributed by atoms with Crippen molar-refractivity contribution in [2.75, 3.05) is 0 Å². The second kappa shape index (κ2) is 7.98. The number of Topliss-reactive ketones (excluding diaryl/α,β-unsaturated/α-hetero) is 1. The third-order valence-electron chi connectivity index (χ3n) is 4.61. The zero-order chi connectivity index (χ0) is 15.2. The van der Waals surface area contributed by atoms with E-state index in [1.807, 2.05) is 18.5 Å². The van der Waals surface area contributed by atoms with E-state index in [2.05, 4.69) is 5.10 Å². The maximum atomic E-state index is 12.3.